The zero-order chi connectivity index (χ0) is 14.4. The highest BCUT2D eigenvalue weighted by Crippen LogP contribution is 2.12. The van der Waals surface area contributed by atoms with E-state index in [0.717, 1.165) is 11.1 Å². The molecule has 0 bridgehead atoms. The molecular weight excluding hydrogens is 252 g/mol. The summed E-state index contributed by atoms with van der Waals surface area (Å²) >= 11 is 0. The summed E-state index contributed by atoms with van der Waals surface area (Å²) in [6, 6.07) is 14.9. The maximum Gasteiger partial charge on any atom is 0.253 e. The standard InChI is InChI=1S/C16H18N2O2/c1-20-11-13-7-3-2-6-12(13)10-18-16(19)14-8-4-5-9-15(14)17/h2-9H,10-11,17H2,1H3,(H,18,19). The summed E-state index contributed by atoms with van der Waals surface area (Å²) in [6.45, 7) is 0.978. The van der Waals surface area contributed by atoms with Crippen LogP contribution in [-0.4, -0.2) is 13.0 Å². The van der Waals surface area contributed by atoms with E-state index in [4.69, 9.17) is 10.5 Å². The smallest absolute Gasteiger partial charge is 0.253 e. The summed E-state index contributed by atoms with van der Waals surface area (Å²) in [5.74, 6) is -0.171. The average molecular weight is 270 g/mol. The molecule has 0 radical (unpaired) electrons. The number of para-hydroxylation sites is 1. The molecule has 0 aliphatic carbocycles. The average Bonchev–Trinajstić information content (AvgIpc) is 2.47. The Morgan fingerprint density at radius 2 is 1.75 bits per heavy atom. The van der Waals surface area contributed by atoms with Crippen LogP contribution < -0.4 is 11.1 Å². The minimum Gasteiger partial charge on any atom is -0.398 e. The van der Waals surface area contributed by atoms with Crippen LogP contribution in [0.1, 0.15) is 21.5 Å². The van der Waals surface area contributed by atoms with E-state index >= 15 is 0 Å². The molecule has 0 spiro atoms. The van der Waals surface area contributed by atoms with E-state index in [-0.39, 0.29) is 5.91 Å². The number of nitrogen functional groups attached to an aromatic ring is 1. The number of nitrogens with two attached hydrogens (primary N) is 1. The van der Waals surface area contributed by atoms with Crippen molar-refractivity contribution in [3.8, 4) is 0 Å². The van der Waals surface area contributed by atoms with Crippen molar-refractivity contribution in [2.45, 2.75) is 13.2 Å². The molecule has 0 aliphatic rings. The topological polar surface area (TPSA) is 64.3 Å². The van der Waals surface area contributed by atoms with Crippen LogP contribution in [0.5, 0.6) is 0 Å². The van der Waals surface area contributed by atoms with Gasteiger partial charge >= 0.3 is 0 Å². The highest BCUT2D eigenvalue weighted by molar-refractivity contribution is 5.99. The third-order valence-corrected chi connectivity index (χ3v) is 3.06. The van der Waals surface area contributed by atoms with Gasteiger partial charge in [-0.05, 0) is 23.3 Å². The second-order valence-corrected chi connectivity index (χ2v) is 4.47. The largest absolute Gasteiger partial charge is 0.398 e. The molecule has 104 valence electrons. The molecule has 2 aromatic carbocycles. The Bertz CT molecular complexity index is 597. The van der Waals surface area contributed by atoms with Crippen molar-refractivity contribution in [2.75, 3.05) is 12.8 Å². The number of ether oxygens (including phenoxy) is 1. The van der Waals surface area contributed by atoms with E-state index in [1.54, 1.807) is 31.4 Å². The fourth-order valence-corrected chi connectivity index (χ4v) is 2.00. The van der Waals surface area contributed by atoms with Crippen molar-refractivity contribution in [3.63, 3.8) is 0 Å². The lowest BCUT2D eigenvalue weighted by Gasteiger charge is -2.11. The van der Waals surface area contributed by atoms with Crippen LogP contribution in [0, 0.1) is 0 Å². The number of benzene rings is 2. The number of carbonyl (C=O) groups excluding carboxylic acids is 1. The molecule has 0 aromatic heterocycles. The summed E-state index contributed by atoms with van der Waals surface area (Å²) in [7, 11) is 1.65. The van der Waals surface area contributed by atoms with Crippen LogP contribution >= 0.6 is 0 Å². The van der Waals surface area contributed by atoms with E-state index in [2.05, 4.69) is 5.32 Å². The van der Waals surface area contributed by atoms with Crippen molar-refractivity contribution in [3.05, 3.63) is 65.2 Å². The zero-order valence-corrected chi connectivity index (χ0v) is 11.4. The Hall–Kier alpha value is -2.33. The van der Waals surface area contributed by atoms with Crippen LogP contribution in [0.4, 0.5) is 5.69 Å². The Kier molecular flexibility index (Phi) is 4.74. The normalized spacial score (nSPS) is 10.2. The van der Waals surface area contributed by atoms with Gasteiger partial charge in [0.05, 0.1) is 12.2 Å². The van der Waals surface area contributed by atoms with Gasteiger partial charge in [0, 0.05) is 19.3 Å². The summed E-state index contributed by atoms with van der Waals surface area (Å²) < 4.78 is 5.15. The van der Waals surface area contributed by atoms with E-state index in [1.807, 2.05) is 24.3 Å². The van der Waals surface area contributed by atoms with Gasteiger partial charge in [-0.3, -0.25) is 4.79 Å². The van der Waals surface area contributed by atoms with Gasteiger partial charge in [0.15, 0.2) is 0 Å². The molecule has 0 saturated heterocycles. The highest BCUT2D eigenvalue weighted by atomic mass is 16.5. The lowest BCUT2D eigenvalue weighted by Crippen LogP contribution is -2.24. The summed E-state index contributed by atoms with van der Waals surface area (Å²) in [5.41, 5.74) is 8.87. The van der Waals surface area contributed by atoms with Crippen molar-refractivity contribution < 1.29 is 9.53 Å². The Morgan fingerprint density at radius 3 is 2.45 bits per heavy atom. The fourth-order valence-electron chi connectivity index (χ4n) is 2.00. The van der Waals surface area contributed by atoms with Crippen LogP contribution in [0.2, 0.25) is 0 Å². The number of hydrogen-bond donors (Lipinski definition) is 2. The Morgan fingerprint density at radius 1 is 1.10 bits per heavy atom. The van der Waals surface area contributed by atoms with Crippen LogP contribution in [0.15, 0.2) is 48.5 Å². The minimum atomic E-state index is -0.171. The second kappa shape index (κ2) is 6.73. The number of carbonyl (C=O) groups is 1. The fraction of sp³-hybridized carbons (Fsp3) is 0.188. The molecule has 0 aliphatic heterocycles. The molecule has 4 nitrogen and oxygen atoms in total. The summed E-state index contributed by atoms with van der Waals surface area (Å²) in [5, 5.41) is 2.88. The molecule has 0 heterocycles. The molecule has 20 heavy (non-hydrogen) atoms. The predicted molar refractivity (Wildman–Crippen MR) is 79.2 cm³/mol. The van der Waals surface area contributed by atoms with Crippen LogP contribution in [-0.2, 0) is 17.9 Å². The van der Waals surface area contributed by atoms with Gasteiger partial charge < -0.3 is 15.8 Å². The molecule has 4 heteroatoms. The first-order valence-electron chi connectivity index (χ1n) is 6.41. The number of nitrogens with one attached hydrogen (secondary N) is 1. The minimum absolute atomic E-state index is 0.171. The first-order chi connectivity index (χ1) is 9.72. The van der Waals surface area contributed by atoms with Gasteiger partial charge in [-0.1, -0.05) is 36.4 Å². The van der Waals surface area contributed by atoms with Crippen LogP contribution in [0.3, 0.4) is 0 Å². The van der Waals surface area contributed by atoms with Crippen molar-refractivity contribution in [2.24, 2.45) is 0 Å². The predicted octanol–water partition coefficient (Wildman–Crippen LogP) is 2.35. The summed E-state index contributed by atoms with van der Waals surface area (Å²) in [4.78, 5) is 12.1. The van der Waals surface area contributed by atoms with Crippen LogP contribution in [0.25, 0.3) is 0 Å². The van der Waals surface area contributed by atoms with Gasteiger partial charge in [-0.2, -0.15) is 0 Å². The molecule has 2 aromatic rings. The number of hydrogen-bond acceptors (Lipinski definition) is 3. The van der Waals surface area contributed by atoms with Crippen molar-refractivity contribution in [1.29, 1.82) is 0 Å². The van der Waals surface area contributed by atoms with E-state index in [1.165, 1.54) is 0 Å². The Labute approximate surface area is 118 Å². The first kappa shape index (κ1) is 14.1. The number of rotatable bonds is 5. The maximum atomic E-state index is 12.1. The first-order valence-corrected chi connectivity index (χ1v) is 6.41. The monoisotopic (exact) mass is 270 g/mol. The summed E-state index contributed by atoms with van der Waals surface area (Å²) in [6.07, 6.45) is 0. The quantitative estimate of drug-likeness (QED) is 0.820. The molecule has 1 amide bonds. The third-order valence-electron chi connectivity index (χ3n) is 3.06. The number of methoxy groups -OCH3 is 1. The zero-order valence-electron chi connectivity index (χ0n) is 11.4. The molecule has 0 unspecified atom stereocenters. The van der Waals surface area contributed by atoms with Crippen molar-refractivity contribution >= 4 is 11.6 Å². The number of amides is 1. The van der Waals surface area contributed by atoms with Gasteiger partial charge in [0.1, 0.15) is 0 Å². The molecule has 3 N–H and O–H groups in total. The van der Waals surface area contributed by atoms with E-state index in [9.17, 15) is 4.79 Å². The lowest BCUT2D eigenvalue weighted by atomic mass is 10.1. The maximum absolute atomic E-state index is 12.1. The third kappa shape index (κ3) is 3.36. The van der Waals surface area contributed by atoms with Crippen molar-refractivity contribution in [1.82, 2.24) is 5.32 Å². The van der Waals surface area contributed by atoms with E-state index < -0.39 is 0 Å². The lowest BCUT2D eigenvalue weighted by molar-refractivity contribution is 0.0951. The van der Waals surface area contributed by atoms with Gasteiger partial charge in [-0.25, -0.2) is 0 Å². The second-order valence-electron chi connectivity index (χ2n) is 4.47. The molecule has 2 rings (SSSR count). The van der Waals surface area contributed by atoms with Gasteiger partial charge in [-0.15, -0.1) is 0 Å². The number of anilines is 1. The highest BCUT2D eigenvalue weighted by Gasteiger charge is 2.09. The molecular formula is C16H18N2O2. The Balaban J connectivity index is 2.06. The van der Waals surface area contributed by atoms with Gasteiger partial charge in [0.2, 0.25) is 0 Å². The molecule has 0 fully saturated rings. The van der Waals surface area contributed by atoms with Gasteiger partial charge in [0.25, 0.3) is 5.91 Å². The molecule has 0 saturated carbocycles. The molecule has 0 atom stereocenters. The van der Waals surface area contributed by atoms with E-state index in [0.29, 0.717) is 24.4 Å². The SMILES string of the molecule is COCc1ccccc1CNC(=O)c1ccccc1N.